The maximum Gasteiger partial charge on any atom is 0.387 e. The zero-order valence-electron chi connectivity index (χ0n) is 14.2. The molecular weight excluding hydrogens is 332 g/mol. The smallest absolute Gasteiger partial charge is 0.387 e. The molecule has 134 valence electrons. The number of hydrogen-bond acceptors (Lipinski definition) is 3. The van der Waals surface area contributed by atoms with Gasteiger partial charge in [0.1, 0.15) is 5.75 Å². The summed E-state index contributed by atoms with van der Waals surface area (Å²) in [6.45, 7) is 2.88. The summed E-state index contributed by atoms with van der Waals surface area (Å²) in [5.41, 5.74) is 0.997. The Bertz CT molecular complexity index is 516. The third kappa shape index (κ3) is 5.65. The molecule has 3 nitrogen and oxygen atoms in total. The summed E-state index contributed by atoms with van der Waals surface area (Å²) in [6.07, 6.45) is 4.58. The van der Waals surface area contributed by atoms with Crippen molar-refractivity contribution in [2.24, 2.45) is 0 Å². The van der Waals surface area contributed by atoms with E-state index in [1.54, 1.807) is 36.0 Å². The molecule has 1 fully saturated rings. The Morgan fingerprint density at radius 2 is 1.67 bits per heavy atom. The Morgan fingerprint density at radius 3 is 2.21 bits per heavy atom. The van der Waals surface area contributed by atoms with Crippen molar-refractivity contribution in [2.45, 2.75) is 56.6 Å². The summed E-state index contributed by atoms with van der Waals surface area (Å²) in [4.78, 5) is 14.6. The average Bonchev–Trinajstić information content (AvgIpc) is 2.83. The van der Waals surface area contributed by atoms with Crippen LogP contribution in [0.5, 0.6) is 5.75 Å². The fraction of sp³-hybridized carbons (Fsp3) is 0.611. The molecule has 1 amide bonds. The lowest BCUT2D eigenvalue weighted by Gasteiger charge is -2.25. The Kier molecular flexibility index (Phi) is 7.34. The average molecular weight is 357 g/mol. The van der Waals surface area contributed by atoms with E-state index in [-0.39, 0.29) is 22.2 Å². The number of carbonyl (C=O) groups is 1. The zero-order chi connectivity index (χ0) is 17.5. The minimum absolute atomic E-state index is 0.108. The van der Waals surface area contributed by atoms with Gasteiger partial charge in [-0.05, 0) is 44.4 Å². The highest BCUT2D eigenvalue weighted by Crippen LogP contribution is 2.33. The van der Waals surface area contributed by atoms with Crippen molar-refractivity contribution < 1.29 is 18.3 Å². The third-order valence-corrected chi connectivity index (χ3v) is 5.54. The van der Waals surface area contributed by atoms with E-state index in [2.05, 4.69) is 4.74 Å². The standard InChI is InChI=1S/C18H25F2NO2S/c1-13(15-7-9-16(10-8-15)23-18(19)20)24-14(2)17(22)21-11-5-3-4-6-12-21/h7-10,13-14,18H,3-6,11-12H2,1-2H3. The summed E-state index contributed by atoms with van der Waals surface area (Å²) in [5, 5.41) is -0.00776. The number of thioether (sulfide) groups is 1. The van der Waals surface area contributed by atoms with Gasteiger partial charge in [0.25, 0.3) is 0 Å². The van der Waals surface area contributed by atoms with Crippen LogP contribution in [0.3, 0.4) is 0 Å². The Morgan fingerprint density at radius 1 is 1.08 bits per heavy atom. The molecular formula is C18H25F2NO2S. The molecule has 0 radical (unpaired) electrons. The number of nitrogens with zero attached hydrogens (tertiary/aromatic N) is 1. The third-order valence-electron chi connectivity index (χ3n) is 4.25. The van der Waals surface area contributed by atoms with E-state index in [4.69, 9.17) is 0 Å². The molecule has 0 aromatic heterocycles. The van der Waals surface area contributed by atoms with Crippen molar-refractivity contribution in [3.63, 3.8) is 0 Å². The van der Waals surface area contributed by atoms with Crippen LogP contribution in [0.2, 0.25) is 0 Å². The molecule has 1 aliphatic heterocycles. The van der Waals surface area contributed by atoms with Gasteiger partial charge in [-0.1, -0.05) is 25.0 Å². The van der Waals surface area contributed by atoms with Gasteiger partial charge in [-0.2, -0.15) is 8.78 Å². The first-order valence-corrected chi connectivity index (χ1v) is 9.40. The normalized spacial score (nSPS) is 18.1. The molecule has 0 saturated carbocycles. The van der Waals surface area contributed by atoms with Crippen molar-refractivity contribution >= 4 is 17.7 Å². The molecule has 0 aliphatic carbocycles. The van der Waals surface area contributed by atoms with Crippen LogP contribution < -0.4 is 4.74 Å². The van der Waals surface area contributed by atoms with Gasteiger partial charge >= 0.3 is 6.61 Å². The topological polar surface area (TPSA) is 29.5 Å². The van der Waals surface area contributed by atoms with E-state index < -0.39 is 6.61 Å². The SMILES string of the molecule is CC(SC(C)c1ccc(OC(F)F)cc1)C(=O)N1CCCCCC1. The summed E-state index contributed by atoms with van der Waals surface area (Å²) in [5.74, 6) is 0.353. The van der Waals surface area contributed by atoms with E-state index in [0.29, 0.717) is 0 Å². The Balaban J connectivity index is 1.90. The van der Waals surface area contributed by atoms with E-state index in [0.717, 1.165) is 31.5 Å². The van der Waals surface area contributed by atoms with Crippen molar-refractivity contribution in [3.05, 3.63) is 29.8 Å². The molecule has 0 bridgehead atoms. The molecule has 2 unspecified atom stereocenters. The number of benzene rings is 1. The highest BCUT2D eigenvalue weighted by atomic mass is 32.2. The fourth-order valence-corrected chi connectivity index (χ4v) is 4.10. The second-order valence-corrected chi connectivity index (χ2v) is 7.79. The highest BCUT2D eigenvalue weighted by Gasteiger charge is 2.24. The molecule has 1 heterocycles. The van der Waals surface area contributed by atoms with Gasteiger partial charge in [0.15, 0.2) is 0 Å². The molecule has 1 aromatic rings. The van der Waals surface area contributed by atoms with Crippen molar-refractivity contribution in [3.8, 4) is 5.75 Å². The first-order valence-electron chi connectivity index (χ1n) is 8.46. The molecule has 2 rings (SSSR count). The second-order valence-electron chi connectivity index (χ2n) is 6.11. The van der Waals surface area contributed by atoms with Gasteiger partial charge in [-0.3, -0.25) is 4.79 Å². The predicted octanol–water partition coefficient (Wildman–Crippen LogP) is 4.87. The maximum atomic E-state index is 12.6. The van der Waals surface area contributed by atoms with Crippen molar-refractivity contribution in [1.82, 2.24) is 4.90 Å². The summed E-state index contributed by atoms with van der Waals surface area (Å²) in [6, 6.07) is 6.64. The van der Waals surface area contributed by atoms with Crippen LogP contribution in [-0.4, -0.2) is 35.8 Å². The van der Waals surface area contributed by atoms with Gasteiger partial charge in [-0.25, -0.2) is 0 Å². The number of rotatable bonds is 6. The van der Waals surface area contributed by atoms with Gasteiger partial charge in [0.2, 0.25) is 5.91 Å². The fourth-order valence-electron chi connectivity index (χ4n) is 2.91. The van der Waals surface area contributed by atoms with Crippen LogP contribution in [0.25, 0.3) is 0 Å². The Labute approximate surface area is 146 Å². The summed E-state index contributed by atoms with van der Waals surface area (Å²) in [7, 11) is 0. The highest BCUT2D eigenvalue weighted by molar-refractivity contribution is 8.00. The maximum absolute atomic E-state index is 12.6. The van der Waals surface area contributed by atoms with E-state index in [1.807, 2.05) is 18.7 Å². The first kappa shape index (κ1) is 19.0. The van der Waals surface area contributed by atoms with Gasteiger partial charge in [-0.15, -0.1) is 11.8 Å². The van der Waals surface area contributed by atoms with Crippen LogP contribution in [0.15, 0.2) is 24.3 Å². The minimum atomic E-state index is -2.81. The van der Waals surface area contributed by atoms with Crippen LogP contribution in [0, 0.1) is 0 Å². The van der Waals surface area contributed by atoms with Crippen LogP contribution in [0.4, 0.5) is 8.78 Å². The van der Waals surface area contributed by atoms with Gasteiger partial charge in [0.05, 0.1) is 5.25 Å². The molecule has 1 aliphatic rings. The molecule has 2 atom stereocenters. The predicted molar refractivity (Wildman–Crippen MR) is 93.6 cm³/mol. The summed E-state index contributed by atoms with van der Waals surface area (Å²) < 4.78 is 28.7. The molecule has 24 heavy (non-hydrogen) atoms. The number of ether oxygens (including phenoxy) is 1. The number of amides is 1. The molecule has 1 aromatic carbocycles. The lowest BCUT2D eigenvalue weighted by Crippen LogP contribution is -2.37. The molecule has 1 saturated heterocycles. The van der Waals surface area contributed by atoms with Gasteiger partial charge in [0, 0.05) is 18.3 Å². The van der Waals surface area contributed by atoms with E-state index in [1.165, 1.54) is 12.8 Å². The summed E-state index contributed by atoms with van der Waals surface area (Å²) >= 11 is 1.60. The van der Waals surface area contributed by atoms with Crippen LogP contribution >= 0.6 is 11.8 Å². The first-order chi connectivity index (χ1) is 11.5. The van der Waals surface area contributed by atoms with Crippen LogP contribution in [-0.2, 0) is 4.79 Å². The molecule has 0 N–H and O–H groups in total. The quantitative estimate of drug-likeness (QED) is 0.727. The van der Waals surface area contributed by atoms with E-state index >= 15 is 0 Å². The lowest BCUT2D eigenvalue weighted by atomic mass is 10.1. The number of hydrogen-bond donors (Lipinski definition) is 0. The monoisotopic (exact) mass is 357 g/mol. The molecule has 0 spiro atoms. The van der Waals surface area contributed by atoms with E-state index in [9.17, 15) is 13.6 Å². The van der Waals surface area contributed by atoms with Gasteiger partial charge < -0.3 is 9.64 Å². The molecule has 6 heteroatoms. The largest absolute Gasteiger partial charge is 0.435 e. The number of halogens is 2. The zero-order valence-corrected chi connectivity index (χ0v) is 15.0. The number of carbonyl (C=O) groups excluding carboxylic acids is 1. The minimum Gasteiger partial charge on any atom is -0.435 e. The van der Waals surface area contributed by atoms with Crippen LogP contribution in [0.1, 0.15) is 50.3 Å². The number of likely N-dealkylation sites (tertiary alicyclic amines) is 1. The number of alkyl halides is 2. The lowest BCUT2D eigenvalue weighted by molar-refractivity contribution is -0.130. The second kappa shape index (κ2) is 9.25. The van der Waals surface area contributed by atoms with Crippen molar-refractivity contribution in [2.75, 3.05) is 13.1 Å². The van der Waals surface area contributed by atoms with Crippen molar-refractivity contribution in [1.29, 1.82) is 0 Å². The Hall–Kier alpha value is -1.30.